The fourth-order valence-corrected chi connectivity index (χ4v) is 2.05. The Labute approximate surface area is 95.6 Å². The van der Waals surface area contributed by atoms with Gasteiger partial charge in [0.25, 0.3) is 0 Å². The fraction of sp³-hybridized carbons (Fsp3) is 0.727. The molecule has 3 nitrogen and oxygen atoms in total. The summed E-state index contributed by atoms with van der Waals surface area (Å²) < 4.78 is 0. The van der Waals surface area contributed by atoms with Gasteiger partial charge in [-0.25, -0.2) is 4.98 Å². The van der Waals surface area contributed by atoms with Crippen LogP contribution in [0.4, 0.5) is 0 Å². The first-order valence-electron chi connectivity index (χ1n) is 5.53. The number of aromatic nitrogens is 1. The van der Waals surface area contributed by atoms with E-state index in [2.05, 4.69) is 22.6 Å². The number of nitrogens with zero attached hydrogens (tertiary/aromatic N) is 1. The first-order chi connectivity index (χ1) is 7.24. The lowest BCUT2D eigenvalue weighted by Gasteiger charge is -2.12. The summed E-state index contributed by atoms with van der Waals surface area (Å²) in [4.78, 5) is 4.25. The van der Waals surface area contributed by atoms with Crippen LogP contribution in [-0.2, 0) is 0 Å². The SMILES string of the molecule is CCC(O)CCCNC(C)c1cscn1. The highest BCUT2D eigenvalue weighted by molar-refractivity contribution is 7.07. The minimum atomic E-state index is -0.138. The van der Waals surface area contributed by atoms with Crippen LogP contribution in [0.2, 0.25) is 0 Å². The van der Waals surface area contributed by atoms with Crippen LogP contribution in [0.15, 0.2) is 10.9 Å². The molecular formula is C11H20N2OS. The monoisotopic (exact) mass is 228 g/mol. The predicted molar refractivity (Wildman–Crippen MR) is 64.1 cm³/mol. The van der Waals surface area contributed by atoms with E-state index in [0.29, 0.717) is 6.04 Å². The molecule has 0 aliphatic carbocycles. The van der Waals surface area contributed by atoms with E-state index < -0.39 is 0 Å². The number of thiazole rings is 1. The van der Waals surface area contributed by atoms with Gasteiger partial charge in [-0.2, -0.15) is 0 Å². The molecule has 0 bridgehead atoms. The van der Waals surface area contributed by atoms with Crippen molar-refractivity contribution in [3.05, 3.63) is 16.6 Å². The largest absolute Gasteiger partial charge is 0.393 e. The van der Waals surface area contributed by atoms with E-state index in [1.165, 1.54) is 0 Å². The molecule has 2 unspecified atom stereocenters. The molecule has 2 atom stereocenters. The maximum atomic E-state index is 9.37. The Morgan fingerprint density at radius 2 is 2.40 bits per heavy atom. The van der Waals surface area contributed by atoms with Gasteiger partial charge in [0.2, 0.25) is 0 Å². The summed E-state index contributed by atoms with van der Waals surface area (Å²) in [5.41, 5.74) is 2.96. The number of hydrogen-bond acceptors (Lipinski definition) is 4. The van der Waals surface area contributed by atoms with Crippen molar-refractivity contribution in [1.82, 2.24) is 10.3 Å². The summed E-state index contributed by atoms with van der Waals surface area (Å²) in [6.45, 7) is 5.07. The maximum absolute atomic E-state index is 9.37. The highest BCUT2D eigenvalue weighted by Gasteiger charge is 2.06. The molecule has 86 valence electrons. The van der Waals surface area contributed by atoms with Crippen LogP contribution >= 0.6 is 11.3 Å². The molecular weight excluding hydrogens is 208 g/mol. The van der Waals surface area contributed by atoms with E-state index in [-0.39, 0.29) is 6.10 Å². The van der Waals surface area contributed by atoms with E-state index in [0.717, 1.165) is 31.5 Å². The Hall–Kier alpha value is -0.450. The van der Waals surface area contributed by atoms with Gasteiger partial charge < -0.3 is 10.4 Å². The molecule has 1 aromatic rings. The molecule has 1 rings (SSSR count). The molecule has 2 N–H and O–H groups in total. The second kappa shape index (κ2) is 6.93. The Kier molecular flexibility index (Phi) is 5.83. The average molecular weight is 228 g/mol. The number of aliphatic hydroxyl groups excluding tert-OH is 1. The van der Waals surface area contributed by atoms with Gasteiger partial charge in [-0.05, 0) is 32.7 Å². The second-order valence-electron chi connectivity index (χ2n) is 3.79. The number of hydrogen-bond donors (Lipinski definition) is 2. The predicted octanol–water partition coefficient (Wildman–Crippen LogP) is 2.34. The number of nitrogens with one attached hydrogen (secondary N) is 1. The van der Waals surface area contributed by atoms with Gasteiger partial charge in [0.1, 0.15) is 0 Å². The van der Waals surface area contributed by atoms with Crippen LogP contribution in [0.25, 0.3) is 0 Å². The third kappa shape index (κ3) is 4.73. The maximum Gasteiger partial charge on any atom is 0.0795 e. The first kappa shape index (κ1) is 12.6. The minimum absolute atomic E-state index is 0.138. The average Bonchev–Trinajstić information content (AvgIpc) is 2.77. The van der Waals surface area contributed by atoms with Crippen LogP contribution in [0.1, 0.15) is 44.8 Å². The lowest BCUT2D eigenvalue weighted by molar-refractivity contribution is 0.157. The molecule has 1 heterocycles. The van der Waals surface area contributed by atoms with Crippen molar-refractivity contribution in [2.45, 2.75) is 45.3 Å². The van der Waals surface area contributed by atoms with Gasteiger partial charge in [-0.15, -0.1) is 11.3 Å². The molecule has 0 amide bonds. The minimum Gasteiger partial charge on any atom is -0.393 e. The zero-order valence-corrected chi connectivity index (χ0v) is 10.3. The van der Waals surface area contributed by atoms with Gasteiger partial charge >= 0.3 is 0 Å². The van der Waals surface area contributed by atoms with Crippen molar-refractivity contribution >= 4 is 11.3 Å². The number of rotatable bonds is 7. The summed E-state index contributed by atoms with van der Waals surface area (Å²) >= 11 is 1.62. The van der Waals surface area contributed by atoms with E-state index >= 15 is 0 Å². The second-order valence-corrected chi connectivity index (χ2v) is 4.51. The highest BCUT2D eigenvalue weighted by atomic mass is 32.1. The summed E-state index contributed by atoms with van der Waals surface area (Å²) in [7, 11) is 0. The quantitative estimate of drug-likeness (QED) is 0.704. The van der Waals surface area contributed by atoms with Crippen LogP contribution in [0.5, 0.6) is 0 Å². The molecule has 0 fully saturated rings. The van der Waals surface area contributed by atoms with Crippen molar-refractivity contribution in [2.75, 3.05) is 6.54 Å². The van der Waals surface area contributed by atoms with Crippen LogP contribution in [0, 0.1) is 0 Å². The number of aliphatic hydroxyl groups is 1. The Balaban J connectivity index is 2.10. The molecule has 0 aliphatic heterocycles. The summed E-state index contributed by atoms with van der Waals surface area (Å²) in [6, 6.07) is 0.315. The van der Waals surface area contributed by atoms with Crippen molar-refractivity contribution in [1.29, 1.82) is 0 Å². The zero-order chi connectivity index (χ0) is 11.1. The summed E-state index contributed by atoms with van der Waals surface area (Å²) in [5, 5.41) is 14.8. The molecule has 0 aromatic carbocycles. The van der Waals surface area contributed by atoms with E-state index in [4.69, 9.17) is 0 Å². The van der Waals surface area contributed by atoms with Gasteiger partial charge in [0.05, 0.1) is 17.3 Å². The Bertz CT molecular complexity index is 251. The zero-order valence-electron chi connectivity index (χ0n) is 9.44. The molecule has 15 heavy (non-hydrogen) atoms. The smallest absolute Gasteiger partial charge is 0.0795 e. The molecule has 0 aliphatic rings. The van der Waals surface area contributed by atoms with E-state index in [9.17, 15) is 5.11 Å². The van der Waals surface area contributed by atoms with Crippen molar-refractivity contribution in [3.63, 3.8) is 0 Å². The lowest BCUT2D eigenvalue weighted by Crippen LogP contribution is -2.21. The molecule has 0 radical (unpaired) electrons. The Morgan fingerprint density at radius 1 is 1.60 bits per heavy atom. The normalized spacial score (nSPS) is 15.1. The highest BCUT2D eigenvalue weighted by Crippen LogP contribution is 2.11. The van der Waals surface area contributed by atoms with E-state index in [1.807, 2.05) is 12.4 Å². The van der Waals surface area contributed by atoms with Gasteiger partial charge in [-0.1, -0.05) is 6.92 Å². The third-order valence-corrected chi connectivity index (χ3v) is 3.14. The van der Waals surface area contributed by atoms with Gasteiger partial charge in [0, 0.05) is 11.4 Å². The molecule has 0 spiro atoms. The molecule has 0 saturated heterocycles. The lowest BCUT2D eigenvalue weighted by atomic mass is 10.1. The fourth-order valence-electron chi connectivity index (χ4n) is 1.40. The molecule has 1 aromatic heterocycles. The topological polar surface area (TPSA) is 45.1 Å². The Morgan fingerprint density at radius 3 is 3.00 bits per heavy atom. The van der Waals surface area contributed by atoms with Crippen molar-refractivity contribution in [2.24, 2.45) is 0 Å². The van der Waals surface area contributed by atoms with E-state index in [1.54, 1.807) is 11.3 Å². The standard InChI is InChI=1S/C11H20N2OS/c1-3-10(14)5-4-6-12-9(2)11-7-15-8-13-11/h7-10,12,14H,3-6H2,1-2H3. The van der Waals surface area contributed by atoms with Crippen LogP contribution in [-0.4, -0.2) is 22.7 Å². The summed E-state index contributed by atoms with van der Waals surface area (Å²) in [6.07, 6.45) is 2.61. The summed E-state index contributed by atoms with van der Waals surface area (Å²) in [5.74, 6) is 0. The van der Waals surface area contributed by atoms with Crippen LogP contribution < -0.4 is 5.32 Å². The van der Waals surface area contributed by atoms with Gasteiger partial charge in [-0.3, -0.25) is 0 Å². The van der Waals surface area contributed by atoms with Gasteiger partial charge in [0.15, 0.2) is 0 Å². The van der Waals surface area contributed by atoms with Crippen molar-refractivity contribution < 1.29 is 5.11 Å². The molecule has 0 saturated carbocycles. The van der Waals surface area contributed by atoms with Crippen molar-refractivity contribution in [3.8, 4) is 0 Å². The van der Waals surface area contributed by atoms with Crippen LogP contribution in [0.3, 0.4) is 0 Å². The molecule has 4 heteroatoms. The third-order valence-electron chi connectivity index (χ3n) is 2.53. The first-order valence-corrected chi connectivity index (χ1v) is 6.47.